The number of nitrogens with zero attached hydrogens (tertiary/aromatic N) is 2. The van der Waals surface area contributed by atoms with Gasteiger partial charge in [0.2, 0.25) is 11.9 Å². The van der Waals surface area contributed by atoms with E-state index in [1.54, 1.807) is 0 Å². The van der Waals surface area contributed by atoms with Gasteiger partial charge in [0.1, 0.15) is 17.8 Å². The third-order valence-electron chi connectivity index (χ3n) is 6.15. The van der Waals surface area contributed by atoms with Crippen molar-refractivity contribution in [3.63, 3.8) is 0 Å². The normalized spacial score (nSPS) is 20.8. The molecule has 0 saturated carbocycles. The molecule has 5 rings (SSSR count). The first-order chi connectivity index (χ1) is 13.0. The van der Waals surface area contributed by atoms with Gasteiger partial charge >= 0.3 is 5.97 Å². The molecule has 2 aromatic heterocycles. The molecule has 0 fully saturated rings. The van der Waals surface area contributed by atoms with Crippen LogP contribution in [0.15, 0.2) is 34.9 Å². The maximum absolute atomic E-state index is 12.7. The van der Waals surface area contributed by atoms with Crippen LogP contribution >= 0.6 is 15.9 Å². The summed E-state index contributed by atoms with van der Waals surface area (Å²) in [5.41, 5.74) is 3.31. The zero-order valence-electron chi connectivity index (χ0n) is 15.3. The van der Waals surface area contributed by atoms with E-state index in [2.05, 4.69) is 33.5 Å². The Morgan fingerprint density at radius 2 is 2.26 bits per heavy atom. The molecule has 27 heavy (non-hydrogen) atoms. The molecule has 1 aromatic carbocycles. The number of halogens is 1. The minimum atomic E-state index is -0.351. The summed E-state index contributed by atoms with van der Waals surface area (Å²) in [5.74, 6) is -0.107. The Bertz CT molecular complexity index is 1180. The summed E-state index contributed by atoms with van der Waals surface area (Å²) in [6, 6.07) is 5.94. The van der Waals surface area contributed by atoms with Crippen LogP contribution in [0.1, 0.15) is 31.9 Å². The monoisotopic (exact) mass is 427 g/mol. The van der Waals surface area contributed by atoms with Gasteiger partial charge in [-0.05, 0) is 37.1 Å². The van der Waals surface area contributed by atoms with Crippen molar-refractivity contribution in [3.05, 3.63) is 40.6 Å². The Morgan fingerprint density at radius 1 is 1.44 bits per heavy atom. The van der Waals surface area contributed by atoms with Gasteiger partial charge in [-0.25, -0.2) is 4.79 Å². The predicted octanol–water partition coefficient (Wildman–Crippen LogP) is 4.02. The number of aromatic hydroxyl groups is 1. The van der Waals surface area contributed by atoms with Crippen LogP contribution in [0.25, 0.3) is 27.5 Å². The maximum Gasteiger partial charge on any atom is 0.354 e. The van der Waals surface area contributed by atoms with E-state index >= 15 is 0 Å². The number of pyridine rings is 1. The fraction of sp³-hybridized carbons (Fsp3) is 0.333. The molecule has 138 valence electrons. The molecule has 0 bridgehead atoms. The van der Waals surface area contributed by atoms with Crippen molar-refractivity contribution in [2.75, 3.05) is 7.11 Å². The smallest absolute Gasteiger partial charge is 0.354 e. The fourth-order valence-corrected chi connectivity index (χ4v) is 5.32. The van der Waals surface area contributed by atoms with Gasteiger partial charge < -0.3 is 9.84 Å². The third-order valence-corrected chi connectivity index (χ3v) is 6.64. The number of aromatic nitrogens is 2. The summed E-state index contributed by atoms with van der Waals surface area (Å²) >= 11 is 3.54. The summed E-state index contributed by atoms with van der Waals surface area (Å²) in [5, 5.41) is 12.6. The zero-order valence-corrected chi connectivity index (χ0v) is 16.8. The van der Waals surface area contributed by atoms with Crippen molar-refractivity contribution < 1.29 is 19.2 Å². The number of carbonyl (C=O) groups excluding carboxylic acids is 1. The van der Waals surface area contributed by atoms with Gasteiger partial charge in [0.15, 0.2) is 5.75 Å². The van der Waals surface area contributed by atoms with Crippen LogP contribution in [0.4, 0.5) is 0 Å². The van der Waals surface area contributed by atoms with Crippen LogP contribution in [-0.2, 0) is 21.5 Å². The standard InChI is InChI=1S/C21H19BrN2O3/c1-3-21-7-4-8-23-11-16(25)17-13-9-12(22)5-6-14(13)24(18(17)19(21)23)15(10-21)20(26)27-2/h5-6,9-11H,3-4,7-8H2,1-2H3/p+1/t21-/m0/s1. The quantitative estimate of drug-likeness (QED) is 0.496. The van der Waals surface area contributed by atoms with Crippen molar-refractivity contribution in [1.29, 1.82) is 0 Å². The second-order valence-corrected chi connectivity index (χ2v) is 8.33. The lowest BCUT2D eigenvalue weighted by molar-refractivity contribution is -0.712. The fourth-order valence-electron chi connectivity index (χ4n) is 4.96. The highest BCUT2D eigenvalue weighted by atomic mass is 79.9. The molecule has 0 saturated heterocycles. The van der Waals surface area contributed by atoms with E-state index < -0.39 is 0 Å². The summed E-state index contributed by atoms with van der Waals surface area (Å²) in [6.07, 6.45) is 6.82. The van der Waals surface area contributed by atoms with E-state index in [1.165, 1.54) is 12.8 Å². The van der Waals surface area contributed by atoms with Gasteiger partial charge in [-0.1, -0.05) is 22.9 Å². The number of rotatable bonds is 2. The van der Waals surface area contributed by atoms with Crippen LogP contribution in [0.5, 0.6) is 5.75 Å². The van der Waals surface area contributed by atoms with Gasteiger partial charge in [0, 0.05) is 16.3 Å². The number of aryl methyl sites for hydroxylation is 1. The molecular formula is C21H20BrN2O3+. The van der Waals surface area contributed by atoms with Crippen LogP contribution in [-0.4, -0.2) is 22.8 Å². The van der Waals surface area contributed by atoms with Gasteiger partial charge in [-0.2, -0.15) is 4.57 Å². The molecule has 4 heterocycles. The van der Waals surface area contributed by atoms with Crippen molar-refractivity contribution in [3.8, 4) is 5.75 Å². The average Bonchev–Trinajstić information content (AvgIpc) is 3.01. The van der Waals surface area contributed by atoms with Gasteiger partial charge in [-0.3, -0.25) is 4.57 Å². The lowest BCUT2D eigenvalue weighted by Crippen LogP contribution is -2.51. The van der Waals surface area contributed by atoms with Crippen molar-refractivity contribution in [2.24, 2.45) is 0 Å². The van der Waals surface area contributed by atoms with Crippen molar-refractivity contribution in [1.82, 2.24) is 4.57 Å². The first kappa shape index (κ1) is 16.8. The largest absolute Gasteiger partial charge is 0.502 e. The molecule has 2 aliphatic heterocycles. The molecule has 2 aliphatic rings. The highest BCUT2D eigenvalue weighted by Gasteiger charge is 2.47. The molecule has 0 radical (unpaired) electrons. The molecule has 0 unspecified atom stereocenters. The number of hydrogen-bond donors (Lipinski definition) is 1. The minimum Gasteiger partial charge on any atom is -0.502 e. The maximum atomic E-state index is 12.7. The Kier molecular flexibility index (Phi) is 3.47. The summed E-state index contributed by atoms with van der Waals surface area (Å²) < 4.78 is 10.2. The number of esters is 1. The number of hydrogen-bond acceptors (Lipinski definition) is 3. The topological polar surface area (TPSA) is 55.3 Å². The molecule has 0 amide bonds. The Balaban J connectivity index is 2.07. The SMILES string of the molecule is CC[C@]12C=C(C(=O)OC)n3c4ccc(Br)cc4c4c(O)c[n+](c1c43)CCC2. The molecule has 1 N–H and O–H groups in total. The van der Waals surface area contributed by atoms with E-state index in [4.69, 9.17) is 4.74 Å². The van der Waals surface area contributed by atoms with Gasteiger partial charge in [0.25, 0.3) is 0 Å². The summed E-state index contributed by atoms with van der Waals surface area (Å²) in [4.78, 5) is 12.7. The van der Waals surface area contributed by atoms with Crippen LogP contribution in [0, 0.1) is 0 Å². The number of methoxy groups -OCH3 is 1. The molecule has 3 aromatic rings. The van der Waals surface area contributed by atoms with E-state index in [9.17, 15) is 9.90 Å². The zero-order chi connectivity index (χ0) is 18.9. The van der Waals surface area contributed by atoms with Crippen molar-refractivity contribution in [2.45, 2.75) is 38.1 Å². The van der Waals surface area contributed by atoms with Crippen LogP contribution in [0.2, 0.25) is 0 Å². The molecule has 0 spiro atoms. The lowest BCUT2D eigenvalue weighted by Gasteiger charge is -2.35. The third kappa shape index (κ3) is 2.05. The number of fused-ring (bicyclic) bond motifs is 3. The van der Waals surface area contributed by atoms with E-state index in [0.717, 1.165) is 52.1 Å². The van der Waals surface area contributed by atoms with Gasteiger partial charge in [-0.15, -0.1) is 0 Å². The number of benzene rings is 1. The second kappa shape index (κ2) is 5.58. The average molecular weight is 428 g/mol. The van der Waals surface area contributed by atoms with E-state index in [-0.39, 0.29) is 17.1 Å². The predicted molar refractivity (Wildman–Crippen MR) is 106 cm³/mol. The van der Waals surface area contributed by atoms with Gasteiger partial charge in [0.05, 0.1) is 23.4 Å². The first-order valence-corrected chi connectivity index (χ1v) is 10.0. The lowest BCUT2D eigenvalue weighted by atomic mass is 9.72. The molecule has 1 atom stereocenters. The van der Waals surface area contributed by atoms with E-state index in [1.807, 2.05) is 29.0 Å². The first-order valence-electron chi connectivity index (χ1n) is 9.22. The Labute approximate surface area is 165 Å². The molecule has 0 aliphatic carbocycles. The van der Waals surface area contributed by atoms with E-state index in [0.29, 0.717) is 5.70 Å². The highest BCUT2D eigenvalue weighted by molar-refractivity contribution is 9.10. The molecule has 5 nitrogen and oxygen atoms in total. The number of carbonyl (C=O) groups is 1. The van der Waals surface area contributed by atoms with Crippen LogP contribution < -0.4 is 4.57 Å². The summed E-state index contributed by atoms with van der Waals surface area (Å²) in [7, 11) is 1.42. The highest BCUT2D eigenvalue weighted by Crippen LogP contribution is 2.49. The Hall–Kier alpha value is -2.34. The molecule has 6 heteroatoms. The summed E-state index contributed by atoms with van der Waals surface area (Å²) in [6.45, 7) is 3.03. The number of ether oxygens (including phenoxy) is 1. The Morgan fingerprint density at radius 3 is 3.00 bits per heavy atom. The minimum absolute atomic E-state index is 0.227. The van der Waals surface area contributed by atoms with Crippen LogP contribution in [0.3, 0.4) is 0 Å². The second-order valence-electron chi connectivity index (χ2n) is 7.41. The van der Waals surface area contributed by atoms with Crippen molar-refractivity contribution >= 4 is 49.4 Å². The number of allylic oxidation sites excluding steroid dienone is 1. The molecular weight excluding hydrogens is 408 g/mol.